The van der Waals surface area contributed by atoms with E-state index in [1.165, 1.54) is 0 Å². The summed E-state index contributed by atoms with van der Waals surface area (Å²) in [7, 11) is -3.90. The Morgan fingerprint density at radius 1 is 0.552 bits per heavy atom. The Balaban J connectivity index is 1.52. The van der Waals surface area contributed by atoms with E-state index >= 15 is 0 Å². The molecule has 0 spiro atoms. The van der Waals surface area contributed by atoms with E-state index in [4.69, 9.17) is 4.18 Å². The average Bonchev–Trinajstić information content (AvgIpc) is 2.75. The van der Waals surface area contributed by atoms with Crippen molar-refractivity contribution in [3.05, 3.63) is 108 Å². The van der Waals surface area contributed by atoms with Gasteiger partial charge in [-0.1, -0.05) is 82.7 Å². The quantitative estimate of drug-likeness (QED) is 0.314. The molecule has 0 unspecified atom stereocenters. The molecule has 4 aromatic carbocycles. The van der Waals surface area contributed by atoms with Gasteiger partial charge in [0.1, 0.15) is 10.6 Å². The lowest BCUT2D eigenvalue weighted by Crippen LogP contribution is -2.09. The van der Waals surface area contributed by atoms with E-state index in [1.807, 2.05) is 66.7 Å². The van der Waals surface area contributed by atoms with Gasteiger partial charge >= 0.3 is 10.1 Å². The highest BCUT2D eigenvalue weighted by Gasteiger charge is 2.17. The third kappa shape index (κ3) is 4.58. The highest BCUT2D eigenvalue weighted by atomic mass is 79.9. The molecule has 0 radical (unpaired) electrons. The van der Waals surface area contributed by atoms with Crippen LogP contribution in [0.25, 0.3) is 22.3 Å². The number of hydrogen-bond donors (Lipinski definition) is 0. The van der Waals surface area contributed by atoms with Gasteiger partial charge in [-0.2, -0.15) is 8.42 Å². The van der Waals surface area contributed by atoms with Gasteiger partial charge < -0.3 is 4.18 Å². The predicted octanol–water partition coefficient (Wildman–Crippen LogP) is 6.55. The second kappa shape index (κ2) is 8.23. The Hall–Kier alpha value is -2.89. The van der Waals surface area contributed by atoms with Gasteiger partial charge in [-0.05, 0) is 58.7 Å². The standard InChI is InChI=1S/C24H17BrO3S/c25-22-12-6-19(7-13-22)21-10-16-24(17-11-21)29(26,27)28-23-14-8-20(9-15-23)18-4-2-1-3-5-18/h1-17H. The van der Waals surface area contributed by atoms with Crippen LogP contribution >= 0.6 is 15.9 Å². The summed E-state index contributed by atoms with van der Waals surface area (Å²) in [6.07, 6.45) is 0. The van der Waals surface area contributed by atoms with Gasteiger partial charge in [0.25, 0.3) is 0 Å². The molecule has 4 rings (SSSR count). The van der Waals surface area contributed by atoms with Crippen molar-refractivity contribution in [2.75, 3.05) is 0 Å². The molecule has 0 aliphatic carbocycles. The van der Waals surface area contributed by atoms with Crippen molar-refractivity contribution in [3.63, 3.8) is 0 Å². The molecule has 0 aromatic heterocycles. The minimum absolute atomic E-state index is 0.116. The van der Waals surface area contributed by atoms with Gasteiger partial charge in [0.05, 0.1) is 0 Å². The smallest absolute Gasteiger partial charge is 0.339 e. The van der Waals surface area contributed by atoms with Gasteiger partial charge in [0.15, 0.2) is 0 Å². The van der Waals surface area contributed by atoms with Gasteiger partial charge in [-0.3, -0.25) is 0 Å². The van der Waals surface area contributed by atoms with Gasteiger partial charge in [-0.25, -0.2) is 0 Å². The molecule has 0 heterocycles. The predicted molar refractivity (Wildman–Crippen MR) is 119 cm³/mol. The average molecular weight is 465 g/mol. The van der Waals surface area contributed by atoms with Crippen LogP contribution in [0.2, 0.25) is 0 Å². The molecule has 0 fully saturated rings. The van der Waals surface area contributed by atoms with E-state index in [2.05, 4.69) is 15.9 Å². The molecule has 0 N–H and O–H groups in total. The second-order valence-corrected chi connectivity index (χ2v) is 8.92. The highest BCUT2D eigenvalue weighted by molar-refractivity contribution is 9.10. The largest absolute Gasteiger partial charge is 0.379 e. The van der Waals surface area contributed by atoms with Crippen molar-refractivity contribution < 1.29 is 12.6 Å². The van der Waals surface area contributed by atoms with E-state index in [9.17, 15) is 8.42 Å². The Kier molecular flexibility index (Phi) is 5.51. The van der Waals surface area contributed by atoms with Gasteiger partial charge in [0, 0.05) is 4.47 Å². The van der Waals surface area contributed by atoms with Crippen LogP contribution in [0.4, 0.5) is 0 Å². The first-order valence-electron chi connectivity index (χ1n) is 8.97. The summed E-state index contributed by atoms with van der Waals surface area (Å²) in [5, 5.41) is 0. The fourth-order valence-electron chi connectivity index (χ4n) is 2.96. The van der Waals surface area contributed by atoms with E-state index in [1.54, 1.807) is 36.4 Å². The second-order valence-electron chi connectivity index (χ2n) is 6.46. The summed E-state index contributed by atoms with van der Waals surface area (Å²) in [5.74, 6) is 0.279. The van der Waals surface area contributed by atoms with Crippen molar-refractivity contribution in [2.45, 2.75) is 4.90 Å². The van der Waals surface area contributed by atoms with Gasteiger partial charge in [0.2, 0.25) is 0 Å². The fraction of sp³-hybridized carbons (Fsp3) is 0. The molecule has 144 valence electrons. The Labute approximate surface area is 178 Å². The normalized spacial score (nSPS) is 11.2. The zero-order valence-electron chi connectivity index (χ0n) is 15.3. The van der Waals surface area contributed by atoms with Crippen LogP contribution in [0.5, 0.6) is 5.75 Å². The first kappa shape index (κ1) is 19.4. The van der Waals surface area contributed by atoms with Crippen molar-refractivity contribution in [1.29, 1.82) is 0 Å². The Bertz CT molecular complexity index is 1200. The first-order valence-corrected chi connectivity index (χ1v) is 11.2. The van der Waals surface area contributed by atoms with Crippen molar-refractivity contribution >= 4 is 26.0 Å². The van der Waals surface area contributed by atoms with E-state index in [0.29, 0.717) is 0 Å². The summed E-state index contributed by atoms with van der Waals surface area (Å²) in [6, 6.07) is 31.4. The molecule has 0 bridgehead atoms. The minimum atomic E-state index is -3.90. The summed E-state index contributed by atoms with van der Waals surface area (Å²) in [5.41, 5.74) is 4.00. The first-order chi connectivity index (χ1) is 14.0. The minimum Gasteiger partial charge on any atom is -0.379 e. The number of hydrogen-bond acceptors (Lipinski definition) is 3. The lowest BCUT2D eigenvalue weighted by molar-refractivity contribution is 0.486. The third-order valence-electron chi connectivity index (χ3n) is 4.49. The molecule has 0 saturated carbocycles. The maximum absolute atomic E-state index is 12.6. The summed E-state index contributed by atoms with van der Waals surface area (Å²) >= 11 is 3.41. The zero-order valence-corrected chi connectivity index (χ0v) is 17.7. The molecular weight excluding hydrogens is 448 g/mol. The van der Waals surface area contributed by atoms with E-state index in [-0.39, 0.29) is 10.6 Å². The monoisotopic (exact) mass is 464 g/mol. The lowest BCUT2D eigenvalue weighted by atomic mass is 10.1. The number of benzene rings is 4. The van der Waals surface area contributed by atoms with Crippen molar-refractivity contribution in [1.82, 2.24) is 0 Å². The molecule has 0 aliphatic rings. The lowest BCUT2D eigenvalue weighted by Gasteiger charge is -2.09. The molecular formula is C24H17BrO3S. The van der Waals surface area contributed by atoms with Crippen LogP contribution in [0, 0.1) is 0 Å². The summed E-state index contributed by atoms with van der Waals surface area (Å²) in [4.78, 5) is 0.116. The molecule has 4 aromatic rings. The van der Waals surface area contributed by atoms with Crippen LogP contribution in [0.1, 0.15) is 0 Å². The molecule has 0 aliphatic heterocycles. The van der Waals surface area contributed by atoms with Crippen LogP contribution in [0.3, 0.4) is 0 Å². The fourth-order valence-corrected chi connectivity index (χ4v) is 4.16. The highest BCUT2D eigenvalue weighted by Crippen LogP contribution is 2.26. The van der Waals surface area contributed by atoms with Crippen LogP contribution in [-0.2, 0) is 10.1 Å². The Morgan fingerprint density at radius 2 is 1.00 bits per heavy atom. The van der Waals surface area contributed by atoms with E-state index in [0.717, 1.165) is 26.7 Å². The van der Waals surface area contributed by atoms with Crippen molar-refractivity contribution in [3.8, 4) is 28.0 Å². The SMILES string of the molecule is O=S(=O)(Oc1ccc(-c2ccccc2)cc1)c1ccc(-c2ccc(Br)cc2)cc1. The molecule has 0 atom stereocenters. The van der Waals surface area contributed by atoms with Crippen LogP contribution in [-0.4, -0.2) is 8.42 Å². The molecule has 29 heavy (non-hydrogen) atoms. The Morgan fingerprint density at radius 3 is 1.55 bits per heavy atom. The summed E-state index contributed by atoms with van der Waals surface area (Å²) < 4.78 is 31.5. The molecule has 3 nitrogen and oxygen atoms in total. The van der Waals surface area contributed by atoms with Crippen molar-refractivity contribution in [2.24, 2.45) is 0 Å². The topological polar surface area (TPSA) is 43.4 Å². The molecule has 5 heteroatoms. The van der Waals surface area contributed by atoms with E-state index < -0.39 is 10.1 Å². The maximum Gasteiger partial charge on any atom is 0.339 e. The summed E-state index contributed by atoms with van der Waals surface area (Å²) in [6.45, 7) is 0. The third-order valence-corrected chi connectivity index (χ3v) is 6.28. The molecule has 0 saturated heterocycles. The van der Waals surface area contributed by atoms with Gasteiger partial charge in [-0.15, -0.1) is 0 Å². The number of halogens is 1. The zero-order chi connectivity index (χ0) is 20.3. The molecule has 0 amide bonds. The van der Waals surface area contributed by atoms with Crippen LogP contribution < -0.4 is 4.18 Å². The maximum atomic E-state index is 12.6. The van der Waals surface area contributed by atoms with Crippen LogP contribution in [0.15, 0.2) is 112 Å². The number of rotatable bonds is 5.